The van der Waals surface area contributed by atoms with E-state index in [2.05, 4.69) is 20.5 Å². The molecule has 0 spiro atoms. The number of hydrogen-bond donors (Lipinski definition) is 2. The van der Waals surface area contributed by atoms with Crippen molar-refractivity contribution < 1.29 is 0 Å². The molecule has 2 aromatic heterocycles. The van der Waals surface area contributed by atoms with Gasteiger partial charge in [-0.25, -0.2) is 10.2 Å². The SMILES string of the molecule is Cc1cccc(Cn2c(NN=Cc3ccccc3)nc3c2c(=O)[nH]c(=O)n3C)c1. The van der Waals surface area contributed by atoms with Crippen molar-refractivity contribution >= 4 is 23.3 Å². The average molecular weight is 388 g/mol. The number of nitrogens with zero attached hydrogens (tertiary/aromatic N) is 4. The smallest absolute Gasteiger partial charge is 0.298 e. The summed E-state index contributed by atoms with van der Waals surface area (Å²) in [4.78, 5) is 31.3. The van der Waals surface area contributed by atoms with Crippen molar-refractivity contribution in [2.75, 3.05) is 5.43 Å². The van der Waals surface area contributed by atoms with Gasteiger partial charge in [-0.05, 0) is 18.1 Å². The van der Waals surface area contributed by atoms with Crippen LogP contribution in [0.3, 0.4) is 0 Å². The number of H-pyrrole nitrogens is 1. The van der Waals surface area contributed by atoms with E-state index < -0.39 is 11.2 Å². The Morgan fingerprint density at radius 3 is 2.69 bits per heavy atom. The van der Waals surface area contributed by atoms with Gasteiger partial charge in [-0.1, -0.05) is 60.2 Å². The van der Waals surface area contributed by atoms with Gasteiger partial charge in [0.1, 0.15) is 0 Å². The zero-order valence-electron chi connectivity index (χ0n) is 16.1. The van der Waals surface area contributed by atoms with Gasteiger partial charge >= 0.3 is 5.69 Å². The number of fused-ring (bicyclic) bond motifs is 1. The lowest BCUT2D eigenvalue weighted by Crippen LogP contribution is -2.29. The fraction of sp³-hybridized carbons (Fsp3) is 0.143. The minimum absolute atomic E-state index is 0.295. The molecule has 4 rings (SSSR count). The Labute approximate surface area is 166 Å². The fourth-order valence-corrected chi connectivity index (χ4v) is 3.17. The quantitative estimate of drug-likeness (QED) is 0.405. The summed E-state index contributed by atoms with van der Waals surface area (Å²) >= 11 is 0. The molecule has 0 saturated heterocycles. The molecule has 8 nitrogen and oxygen atoms in total. The van der Waals surface area contributed by atoms with Crippen molar-refractivity contribution in [3.05, 3.63) is 92.1 Å². The van der Waals surface area contributed by atoms with E-state index in [-0.39, 0.29) is 0 Å². The van der Waals surface area contributed by atoms with Crippen molar-refractivity contribution in [3.8, 4) is 0 Å². The normalized spacial score (nSPS) is 11.4. The number of hydrogen-bond acceptors (Lipinski definition) is 5. The van der Waals surface area contributed by atoms with Crippen LogP contribution in [0.1, 0.15) is 16.7 Å². The molecule has 0 aliphatic carbocycles. The highest BCUT2D eigenvalue weighted by Gasteiger charge is 2.17. The molecule has 2 N–H and O–H groups in total. The molecule has 0 aliphatic rings. The van der Waals surface area contributed by atoms with Crippen LogP contribution in [0.2, 0.25) is 0 Å². The third-order valence-electron chi connectivity index (χ3n) is 4.61. The largest absolute Gasteiger partial charge is 0.329 e. The molecule has 0 atom stereocenters. The predicted octanol–water partition coefficient (Wildman–Crippen LogP) is 2.23. The van der Waals surface area contributed by atoms with Crippen molar-refractivity contribution in [2.24, 2.45) is 12.1 Å². The van der Waals surface area contributed by atoms with Crippen LogP contribution in [-0.4, -0.2) is 25.3 Å². The Hall–Kier alpha value is -3.94. The lowest BCUT2D eigenvalue weighted by Gasteiger charge is -2.09. The number of aromatic nitrogens is 4. The van der Waals surface area contributed by atoms with Gasteiger partial charge < -0.3 is 0 Å². The molecule has 29 heavy (non-hydrogen) atoms. The van der Waals surface area contributed by atoms with Crippen molar-refractivity contribution in [3.63, 3.8) is 0 Å². The molecule has 0 radical (unpaired) electrons. The van der Waals surface area contributed by atoms with Gasteiger partial charge in [-0.3, -0.25) is 18.9 Å². The average Bonchev–Trinajstić information content (AvgIpc) is 3.06. The second-order valence-electron chi connectivity index (χ2n) is 6.78. The number of aryl methyl sites for hydroxylation is 2. The minimum atomic E-state index is -0.512. The van der Waals surface area contributed by atoms with Gasteiger partial charge in [0.05, 0.1) is 12.8 Å². The van der Waals surface area contributed by atoms with Gasteiger partial charge in [0, 0.05) is 7.05 Å². The molecule has 0 aliphatic heterocycles. The summed E-state index contributed by atoms with van der Waals surface area (Å²) in [6.07, 6.45) is 1.67. The first-order valence-electron chi connectivity index (χ1n) is 9.12. The summed E-state index contributed by atoms with van der Waals surface area (Å²) in [7, 11) is 1.57. The number of hydrazone groups is 1. The third-order valence-corrected chi connectivity index (χ3v) is 4.61. The maximum Gasteiger partial charge on any atom is 0.329 e. The highest BCUT2D eigenvalue weighted by Crippen LogP contribution is 2.18. The molecular weight excluding hydrogens is 368 g/mol. The molecule has 0 fully saturated rings. The van der Waals surface area contributed by atoms with Crippen LogP contribution in [0, 0.1) is 6.92 Å². The highest BCUT2D eigenvalue weighted by atomic mass is 16.2. The Morgan fingerprint density at radius 2 is 1.93 bits per heavy atom. The Morgan fingerprint density at radius 1 is 1.14 bits per heavy atom. The van der Waals surface area contributed by atoms with Crippen LogP contribution >= 0.6 is 0 Å². The van der Waals surface area contributed by atoms with Crippen LogP contribution in [0.25, 0.3) is 11.2 Å². The Kier molecular flexibility index (Phi) is 4.82. The Balaban J connectivity index is 1.80. The lowest BCUT2D eigenvalue weighted by atomic mass is 10.1. The van der Waals surface area contributed by atoms with Crippen molar-refractivity contribution in [2.45, 2.75) is 13.5 Å². The molecule has 0 bridgehead atoms. The molecule has 0 amide bonds. The summed E-state index contributed by atoms with van der Waals surface area (Å²) in [6, 6.07) is 17.6. The molecule has 4 aromatic rings. The number of benzene rings is 2. The van der Waals surface area contributed by atoms with Crippen LogP contribution < -0.4 is 16.7 Å². The minimum Gasteiger partial charge on any atom is -0.298 e. The van der Waals surface area contributed by atoms with Crippen LogP contribution in [-0.2, 0) is 13.6 Å². The fourth-order valence-electron chi connectivity index (χ4n) is 3.17. The second-order valence-corrected chi connectivity index (χ2v) is 6.78. The zero-order valence-corrected chi connectivity index (χ0v) is 16.1. The standard InChI is InChI=1S/C21H20N6O2/c1-14-7-6-10-16(11-14)13-27-17-18(26(2)21(29)24-19(17)28)23-20(27)25-22-12-15-8-4-3-5-9-15/h3-12H,13H2,1-2H3,(H,23,25)(H,24,28,29). The lowest BCUT2D eigenvalue weighted by molar-refractivity contribution is 0.808. The first kappa shape index (κ1) is 18.4. The summed E-state index contributed by atoms with van der Waals surface area (Å²) < 4.78 is 3.04. The Bertz CT molecular complexity index is 1310. The van der Waals surface area contributed by atoms with E-state index in [4.69, 9.17) is 0 Å². The molecule has 146 valence electrons. The van der Waals surface area contributed by atoms with Gasteiger partial charge in [0.15, 0.2) is 11.2 Å². The first-order valence-corrected chi connectivity index (χ1v) is 9.12. The number of aromatic amines is 1. The topological polar surface area (TPSA) is 97.1 Å². The monoisotopic (exact) mass is 388 g/mol. The maximum atomic E-state index is 12.5. The molecule has 0 saturated carbocycles. The zero-order chi connectivity index (χ0) is 20.4. The van der Waals surface area contributed by atoms with E-state index >= 15 is 0 Å². The third kappa shape index (κ3) is 3.73. The van der Waals surface area contributed by atoms with E-state index in [1.807, 2.05) is 61.5 Å². The van der Waals surface area contributed by atoms with Gasteiger partial charge in [0.25, 0.3) is 5.56 Å². The van der Waals surface area contributed by atoms with E-state index in [1.54, 1.807) is 17.8 Å². The van der Waals surface area contributed by atoms with Crippen LogP contribution in [0.15, 0.2) is 69.3 Å². The number of rotatable bonds is 5. The van der Waals surface area contributed by atoms with Crippen LogP contribution in [0.4, 0.5) is 5.95 Å². The summed E-state index contributed by atoms with van der Waals surface area (Å²) in [5.41, 5.74) is 5.57. The van der Waals surface area contributed by atoms with Gasteiger partial charge in [0.2, 0.25) is 5.95 Å². The number of anilines is 1. The first-order chi connectivity index (χ1) is 14.0. The van der Waals surface area contributed by atoms with Crippen molar-refractivity contribution in [1.82, 2.24) is 19.1 Å². The van der Waals surface area contributed by atoms with E-state index in [0.717, 1.165) is 16.7 Å². The molecule has 2 heterocycles. The van der Waals surface area contributed by atoms with E-state index in [9.17, 15) is 9.59 Å². The highest BCUT2D eigenvalue weighted by molar-refractivity contribution is 5.80. The van der Waals surface area contributed by atoms with Gasteiger partial charge in [-0.15, -0.1) is 0 Å². The summed E-state index contributed by atoms with van der Waals surface area (Å²) in [6.45, 7) is 2.41. The molecule has 0 unspecified atom stereocenters. The predicted molar refractivity (Wildman–Crippen MR) is 114 cm³/mol. The molecule has 2 aromatic carbocycles. The number of imidazole rings is 1. The molecule has 8 heteroatoms. The van der Waals surface area contributed by atoms with E-state index in [1.165, 1.54) is 4.57 Å². The number of nitrogens with one attached hydrogen (secondary N) is 2. The van der Waals surface area contributed by atoms with Crippen molar-refractivity contribution in [1.29, 1.82) is 0 Å². The maximum absolute atomic E-state index is 12.5. The van der Waals surface area contributed by atoms with E-state index in [0.29, 0.717) is 23.7 Å². The van der Waals surface area contributed by atoms with Gasteiger partial charge in [-0.2, -0.15) is 10.1 Å². The summed E-state index contributed by atoms with van der Waals surface area (Å²) in [5, 5.41) is 4.25. The van der Waals surface area contributed by atoms with Crippen LogP contribution in [0.5, 0.6) is 0 Å². The summed E-state index contributed by atoms with van der Waals surface area (Å²) in [5.74, 6) is 0.375. The molecular formula is C21H20N6O2. The second kappa shape index (κ2) is 7.59.